The van der Waals surface area contributed by atoms with Crippen LogP contribution in [0.25, 0.3) is 0 Å². The maximum atomic E-state index is 10.2. The van der Waals surface area contributed by atoms with Gasteiger partial charge in [0.1, 0.15) is 0 Å². The highest BCUT2D eigenvalue weighted by atomic mass is 16.6. The Balaban J connectivity index is 0.000000423. The fraction of sp³-hybridized carbons (Fsp3) is 0.111. The van der Waals surface area contributed by atoms with Gasteiger partial charge in [-0.1, -0.05) is 6.07 Å². The molecule has 0 spiro atoms. The summed E-state index contributed by atoms with van der Waals surface area (Å²) in [4.78, 5) is 18.6. The van der Waals surface area contributed by atoms with E-state index in [0.717, 1.165) is 6.92 Å². The molecule has 0 heterocycles. The fourth-order valence-corrected chi connectivity index (χ4v) is 0.689. The number of aliphatic carboxylic acids is 1. The zero-order chi connectivity index (χ0) is 11.8. The van der Waals surface area contributed by atoms with Gasteiger partial charge in [-0.05, 0) is 6.07 Å². The van der Waals surface area contributed by atoms with Gasteiger partial charge < -0.3 is 5.11 Å². The van der Waals surface area contributed by atoms with Gasteiger partial charge in [-0.15, -0.1) is 0 Å². The molecule has 0 unspecified atom stereocenters. The summed E-state index contributed by atoms with van der Waals surface area (Å²) in [6, 6.07) is 7.41. The van der Waals surface area contributed by atoms with Crippen LogP contribution in [0.4, 0.5) is 5.69 Å². The van der Waals surface area contributed by atoms with Gasteiger partial charge in [0, 0.05) is 19.1 Å². The van der Waals surface area contributed by atoms with Gasteiger partial charge in [0.2, 0.25) is 0 Å². The van der Waals surface area contributed by atoms with E-state index in [-0.39, 0.29) is 5.69 Å². The second-order valence-electron chi connectivity index (χ2n) is 2.44. The van der Waals surface area contributed by atoms with Crippen LogP contribution in [0, 0.1) is 21.4 Å². The first-order valence-corrected chi connectivity index (χ1v) is 3.81. The van der Waals surface area contributed by atoms with Gasteiger partial charge >= 0.3 is 0 Å². The molecule has 1 rings (SSSR count). The van der Waals surface area contributed by atoms with E-state index in [4.69, 9.17) is 15.2 Å². The van der Waals surface area contributed by atoms with Crippen molar-refractivity contribution in [3.63, 3.8) is 0 Å². The Bertz CT molecular complexity index is 405. The molecule has 15 heavy (non-hydrogen) atoms. The third-order valence-corrected chi connectivity index (χ3v) is 1.19. The number of carboxylic acid groups (broad SMARTS) is 1. The minimum Gasteiger partial charge on any atom is -0.481 e. The number of hydrogen-bond acceptors (Lipinski definition) is 4. The molecule has 0 atom stereocenters. The summed E-state index contributed by atoms with van der Waals surface area (Å²) in [6.07, 6.45) is 0. The van der Waals surface area contributed by atoms with Crippen LogP contribution in [0.5, 0.6) is 0 Å². The molecule has 1 aromatic carbocycles. The number of nitrogens with zero attached hydrogens (tertiary/aromatic N) is 2. The van der Waals surface area contributed by atoms with Crippen LogP contribution < -0.4 is 0 Å². The number of rotatable bonds is 1. The number of hydrogen-bond donors (Lipinski definition) is 1. The average molecular weight is 208 g/mol. The van der Waals surface area contributed by atoms with Gasteiger partial charge in [0.05, 0.1) is 16.6 Å². The summed E-state index contributed by atoms with van der Waals surface area (Å²) in [5.41, 5.74) is 0.253. The summed E-state index contributed by atoms with van der Waals surface area (Å²) in [5, 5.41) is 26.0. The highest BCUT2D eigenvalue weighted by Gasteiger charge is 2.03. The van der Waals surface area contributed by atoms with E-state index < -0.39 is 10.9 Å². The SMILES string of the molecule is CC(=O)O.N#Cc1cccc([N+](=O)[O-])c1. The molecular formula is C9H8N2O4. The van der Waals surface area contributed by atoms with E-state index >= 15 is 0 Å². The average Bonchev–Trinajstić information content (AvgIpc) is 2.17. The van der Waals surface area contributed by atoms with Crippen molar-refractivity contribution in [1.29, 1.82) is 5.26 Å². The number of non-ortho nitro benzene ring substituents is 1. The second kappa shape index (κ2) is 6.10. The molecule has 0 aliphatic heterocycles. The van der Waals surface area contributed by atoms with Crippen LogP contribution in [-0.2, 0) is 4.79 Å². The van der Waals surface area contributed by atoms with Gasteiger partial charge in [0.15, 0.2) is 0 Å². The molecule has 1 N–H and O–H groups in total. The number of nitriles is 1. The Morgan fingerprint density at radius 3 is 2.53 bits per heavy atom. The molecule has 0 aliphatic rings. The number of benzene rings is 1. The third kappa shape index (κ3) is 5.76. The van der Waals surface area contributed by atoms with Crippen molar-refractivity contribution in [3.05, 3.63) is 39.9 Å². The normalized spacial score (nSPS) is 8.00. The number of nitro benzene ring substituents is 1. The lowest BCUT2D eigenvalue weighted by molar-refractivity contribution is -0.384. The van der Waals surface area contributed by atoms with Crippen LogP contribution in [-0.4, -0.2) is 16.0 Å². The van der Waals surface area contributed by atoms with E-state index in [0.29, 0.717) is 5.56 Å². The molecule has 0 amide bonds. The second-order valence-corrected chi connectivity index (χ2v) is 2.44. The Morgan fingerprint density at radius 2 is 2.13 bits per heavy atom. The van der Waals surface area contributed by atoms with E-state index in [2.05, 4.69) is 0 Å². The van der Waals surface area contributed by atoms with Crippen LogP contribution in [0.1, 0.15) is 12.5 Å². The van der Waals surface area contributed by atoms with E-state index in [1.54, 1.807) is 0 Å². The van der Waals surface area contributed by atoms with Crippen LogP contribution in [0.2, 0.25) is 0 Å². The lowest BCUT2D eigenvalue weighted by atomic mass is 10.2. The number of carbonyl (C=O) groups is 1. The van der Waals surface area contributed by atoms with Crippen molar-refractivity contribution in [1.82, 2.24) is 0 Å². The van der Waals surface area contributed by atoms with Gasteiger partial charge in [-0.2, -0.15) is 5.26 Å². The van der Waals surface area contributed by atoms with Crippen LogP contribution in [0.3, 0.4) is 0 Å². The van der Waals surface area contributed by atoms with E-state index in [1.165, 1.54) is 24.3 Å². The maximum Gasteiger partial charge on any atom is 0.300 e. The van der Waals surface area contributed by atoms with Crippen molar-refractivity contribution in [3.8, 4) is 6.07 Å². The van der Waals surface area contributed by atoms with Crippen LogP contribution in [0.15, 0.2) is 24.3 Å². The molecular weight excluding hydrogens is 200 g/mol. The molecule has 6 nitrogen and oxygen atoms in total. The zero-order valence-electron chi connectivity index (χ0n) is 7.88. The van der Waals surface area contributed by atoms with Crippen molar-refractivity contribution in [2.75, 3.05) is 0 Å². The summed E-state index contributed by atoms with van der Waals surface area (Å²) >= 11 is 0. The third-order valence-electron chi connectivity index (χ3n) is 1.19. The molecule has 0 bridgehead atoms. The quantitative estimate of drug-likeness (QED) is 0.556. The topological polar surface area (TPSA) is 104 Å². The molecule has 6 heteroatoms. The van der Waals surface area contributed by atoms with Crippen molar-refractivity contribution >= 4 is 11.7 Å². The first kappa shape index (κ1) is 12.6. The number of nitro groups is 1. The van der Waals surface area contributed by atoms with E-state index in [1.807, 2.05) is 6.07 Å². The van der Waals surface area contributed by atoms with Gasteiger partial charge in [0.25, 0.3) is 11.7 Å². The minimum absolute atomic E-state index is 0.0518. The Kier molecular flexibility index (Phi) is 5.11. The molecule has 0 fully saturated rings. The van der Waals surface area contributed by atoms with Gasteiger partial charge in [-0.3, -0.25) is 14.9 Å². The molecule has 78 valence electrons. The molecule has 0 aliphatic carbocycles. The summed E-state index contributed by atoms with van der Waals surface area (Å²) in [7, 11) is 0. The van der Waals surface area contributed by atoms with Crippen LogP contribution >= 0.6 is 0 Å². The zero-order valence-corrected chi connectivity index (χ0v) is 7.88. The van der Waals surface area contributed by atoms with Gasteiger partial charge in [-0.25, -0.2) is 0 Å². The lowest BCUT2D eigenvalue weighted by Crippen LogP contribution is -1.87. The molecule has 0 radical (unpaired) electrons. The lowest BCUT2D eigenvalue weighted by Gasteiger charge is -1.89. The summed E-state index contributed by atoms with van der Waals surface area (Å²) in [6.45, 7) is 1.08. The smallest absolute Gasteiger partial charge is 0.300 e. The highest BCUT2D eigenvalue weighted by molar-refractivity contribution is 5.62. The van der Waals surface area contributed by atoms with Crippen molar-refractivity contribution < 1.29 is 14.8 Å². The fourth-order valence-electron chi connectivity index (χ4n) is 0.689. The number of carboxylic acids is 1. The summed E-state index contributed by atoms with van der Waals surface area (Å²) in [5.74, 6) is -0.833. The minimum atomic E-state index is -0.833. The summed E-state index contributed by atoms with van der Waals surface area (Å²) < 4.78 is 0. The highest BCUT2D eigenvalue weighted by Crippen LogP contribution is 2.11. The largest absolute Gasteiger partial charge is 0.481 e. The van der Waals surface area contributed by atoms with Crippen molar-refractivity contribution in [2.45, 2.75) is 6.92 Å². The molecule has 1 aromatic rings. The standard InChI is InChI=1S/C7H4N2O2.C2H4O2/c8-5-6-2-1-3-7(4-6)9(10)11;1-2(3)4/h1-4H;1H3,(H,3,4). The molecule has 0 saturated heterocycles. The predicted octanol–water partition coefficient (Wildman–Crippen LogP) is 1.56. The Labute approximate surface area is 85.5 Å². The Morgan fingerprint density at radius 1 is 1.60 bits per heavy atom. The monoisotopic (exact) mass is 208 g/mol. The Hall–Kier alpha value is -2.42. The predicted molar refractivity (Wildman–Crippen MR) is 51.1 cm³/mol. The maximum absolute atomic E-state index is 10.2. The van der Waals surface area contributed by atoms with Crippen molar-refractivity contribution in [2.24, 2.45) is 0 Å². The first-order valence-electron chi connectivity index (χ1n) is 3.81. The first-order chi connectivity index (χ1) is 6.97. The molecule has 0 saturated carbocycles. The molecule has 0 aromatic heterocycles. The van der Waals surface area contributed by atoms with E-state index in [9.17, 15) is 10.1 Å².